The van der Waals surface area contributed by atoms with E-state index >= 15 is 0 Å². The number of nitrogens with one attached hydrogen (secondary N) is 2. The van der Waals surface area contributed by atoms with E-state index in [9.17, 15) is 14.7 Å². The highest BCUT2D eigenvalue weighted by molar-refractivity contribution is 7.13. The fourth-order valence-electron chi connectivity index (χ4n) is 8.28. The van der Waals surface area contributed by atoms with E-state index < -0.39 is 18.1 Å². The van der Waals surface area contributed by atoms with E-state index in [1.54, 1.807) is 16.2 Å². The van der Waals surface area contributed by atoms with Gasteiger partial charge in [-0.15, -0.1) is 11.3 Å². The Kier molecular flexibility index (Phi) is 9.36. The smallest absolute Gasteiger partial charge is 0.243 e. The third-order valence-corrected chi connectivity index (χ3v) is 11.8. The van der Waals surface area contributed by atoms with Crippen LogP contribution in [0.1, 0.15) is 69.0 Å². The van der Waals surface area contributed by atoms with Gasteiger partial charge in [-0.1, -0.05) is 43.3 Å². The number of β-amino-alcohol motifs (C(OH)–C–C–N with tert-alkyl or cyclic N) is 1. The number of rotatable bonds is 10. The molecular formula is C36H49N7O4S. The van der Waals surface area contributed by atoms with Gasteiger partial charge in [0.05, 0.1) is 28.2 Å². The molecule has 258 valence electrons. The molecule has 7 rings (SSSR count). The Morgan fingerprint density at radius 2 is 1.85 bits per heavy atom. The Hall–Kier alpha value is -3.32. The lowest BCUT2D eigenvalue weighted by molar-refractivity contribution is -0.141. The third-order valence-electron chi connectivity index (χ3n) is 10.9. The van der Waals surface area contributed by atoms with Crippen LogP contribution in [0, 0.1) is 24.2 Å². The Labute approximate surface area is 287 Å². The van der Waals surface area contributed by atoms with Gasteiger partial charge in [0.15, 0.2) is 11.6 Å². The lowest BCUT2D eigenvalue weighted by Gasteiger charge is -2.61. The quantitative estimate of drug-likeness (QED) is 0.294. The first-order valence-electron chi connectivity index (χ1n) is 17.5. The topological polar surface area (TPSA) is 127 Å². The molecule has 4 atom stereocenters. The number of carbonyl (C=O) groups is 2. The molecule has 4 saturated heterocycles. The molecule has 4 fully saturated rings. The number of aliphatic hydroxyl groups excluding tert-OH is 1. The van der Waals surface area contributed by atoms with Gasteiger partial charge in [0.1, 0.15) is 12.0 Å². The van der Waals surface area contributed by atoms with Crippen molar-refractivity contribution in [1.29, 1.82) is 0 Å². The van der Waals surface area contributed by atoms with Crippen LogP contribution < -0.4 is 15.5 Å². The lowest BCUT2D eigenvalue weighted by atomic mass is 9.72. The van der Waals surface area contributed by atoms with Crippen molar-refractivity contribution in [3.63, 3.8) is 0 Å². The highest BCUT2D eigenvalue weighted by Gasteiger charge is 2.52. The Morgan fingerprint density at radius 3 is 2.52 bits per heavy atom. The number of anilines is 1. The maximum absolute atomic E-state index is 14.1. The van der Waals surface area contributed by atoms with Gasteiger partial charge >= 0.3 is 0 Å². The van der Waals surface area contributed by atoms with Crippen LogP contribution in [0.25, 0.3) is 10.4 Å². The predicted octanol–water partition coefficient (Wildman–Crippen LogP) is 3.81. The number of hydrogen-bond acceptors (Lipinski definition) is 10. The Bertz CT molecular complexity index is 1590. The fourth-order valence-corrected chi connectivity index (χ4v) is 9.09. The summed E-state index contributed by atoms with van der Waals surface area (Å²) in [5.41, 5.74) is 5.23. The largest absolute Gasteiger partial charge is 0.391 e. The van der Waals surface area contributed by atoms with Gasteiger partial charge in [-0.2, -0.15) is 0 Å². The van der Waals surface area contributed by atoms with Crippen LogP contribution in [-0.2, 0) is 9.59 Å². The first-order chi connectivity index (χ1) is 23.1. The summed E-state index contributed by atoms with van der Waals surface area (Å²) < 4.78 is 5.83. The minimum absolute atomic E-state index is 0.0858. The molecule has 11 nitrogen and oxygen atoms in total. The van der Waals surface area contributed by atoms with E-state index in [4.69, 9.17) is 4.52 Å². The van der Waals surface area contributed by atoms with Crippen LogP contribution >= 0.6 is 11.3 Å². The first-order valence-corrected chi connectivity index (χ1v) is 18.4. The van der Waals surface area contributed by atoms with E-state index in [0.29, 0.717) is 11.2 Å². The highest BCUT2D eigenvalue weighted by atomic mass is 32.1. The van der Waals surface area contributed by atoms with E-state index in [2.05, 4.69) is 30.6 Å². The summed E-state index contributed by atoms with van der Waals surface area (Å²) in [5.74, 6) is 0.920. The maximum atomic E-state index is 14.1. The first kappa shape index (κ1) is 33.2. The number of aromatic nitrogens is 2. The highest BCUT2D eigenvalue weighted by Crippen LogP contribution is 2.43. The van der Waals surface area contributed by atoms with Gasteiger partial charge in [-0.25, -0.2) is 4.98 Å². The average molecular weight is 676 g/mol. The summed E-state index contributed by atoms with van der Waals surface area (Å²) in [5, 5.41) is 21.6. The number of piperidine rings is 1. The second-order valence-electron chi connectivity index (χ2n) is 15.0. The molecule has 4 aliphatic heterocycles. The Morgan fingerprint density at radius 1 is 1.12 bits per heavy atom. The van der Waals surface area contributed by atoms with E-state index in [0.717, 1.165) is 72.7 Å². The zero-order valence-electron chi connectivity index (χ0n) is 28.5. The number of benzene rings is 1. The maximum Gasteiger partial charge on any atom is 0.243 e. The second kappa shape index (κ2) is 13.5. The van der Waals surface area contributed by atoms with Crippen LogP contribution in [0.3, 0.4) is 0 Å². The molecule has 0 unspecified atom stereocenters. The zero-order chi connectivity index (χ0) is 33.6. The number of amides is 2. The predicted molar refractivity (Wildman–Crippen MR) is 186 cm³/mol. The molecule has 0 aliphatic carbocycles. The summed E-state index contributed by atoms with van der Waals surface area (Å²) in [4.78, 5) is 39.6. The van der Waals surface area contributed by atoms with Crippen LogP contribution in [0.2, 0.25) is 0 Å². The molecule has 0 saturated carbocycles. The third kappa shape index (κ3) is 6.64. The van der Waals surface area contributed by atoms with E-state index in [1.807, 2.05) is 63.5 Å². The number of aryl methyl sites for hydroxylation is 1. The van der Waals surface area contributed by atoms with Crippen LogP contribution in [-0.4, -0.2) is 101 Å². The molecule has 2 amide bonds. The number of hydrogen-bond donors (Lipinski definition) is 3. The van der Waals surface area contributed by atoms with Crippen molar-refractivity contribution < 1.29 is 19.2 Å². The summed E-state index contributed by atoms with van der Waals surface area (Å²) in [6, 6.07) is 8.99. The second-order valence-corrected chi connectivity index (χ2v) is 15.9. The van der Waals surface area contributed by atoms with Crippen molar-refractivity contribution in [2.75, 3.05) is 57.3 Å². The summed E-state index contributed by atoms with van der Waals surface area (Å²) in [6.45, 7) is 15.7. The summed E-state index contributed by atoms with van der Waals surface area (Å²) >= 11 is 1.61. The Balaban J connectivity index is 0.960. The summed E-state index contributed by atoms with van der Waals surface area (Å²) in [6.07, 6.45) is 1.98. The summed E-state index contributed by atoms with van der Waals surface area (Å²) in [7, 11) is 0. The fraction of sp³-hybridized carbons (Fsp3) is 0.611. The van der Waals surface area contributed by atoms with Gasteiger partial charge in [0.25, 0.3) is 0 Å². The standard InChI is InChI=1S/C36H49N7O4S/c1-22(2)32(30-14-31(40-47-30)42-19-36(20-42)17-41(18-36)15-25-9-11-37-12-10-25)35(46)43-16-28(44)13-29(43)34(45)39-23(3)26-5-7-27(8-6-26)33-24(4)38-21-48-33/h5-8,14,21-23,25,28-29,32,37,44H,9-13,15-20H2,1-4H3,(H,39,45)/t23-,28+,29-,32-/m0/s1. The van der Waals surface area contributed by atoms with Gasteiger partial charge in [-0.05, 0) is 62.7 Å². The SMILES string of the molecule is Cc1ncsc1-c1ccc([C@H](C)NC(=O)[C@@H]2C[C@@H](O)CN2C(=O)[C@H](c2cc(N3CC4(CN(CC5CCNCC5)C4)C3)no2)C(C)C)cc1. The number of thiazole rings is 1. The average Bonchev–Trinajstić information content (AvgIpc) is 3.78. The van der Waals surface area contributed by atoms with Crippen LogP contribution in [0.5, 0.6) is 0 Å². The molecule has 2 aromatic heterocycles. The van der Waals surface area contributed by atoms with Crippen molar-refractivity contribution in [1.82, 2.24) is 30.6 Å². The van der Waals surface area contributed by atoms with Crippen molar-refractivity contribution in [3.05, 3.63) is 52.9 Å². The normalized spacial score (nSPS) is 24.0. The van der Waals surface area contributed by atoms with E-state index in [1.165, 1.54) is 19.4 Å². The number of nitrogens with zero attached hydrogens (tertiary/aromatic N) is 5. The van der Waals surface area contributed by atoms with Crippen molar-refractivity contribution in [3.8, 4) is 10.4 Å². The zero-order valence-corrected chi connectivity index (χ0v) is 29.3. The van der Waals surface area contributed by atoms with Crippen LogP contribution in [0.4, 0.5) is 5.82 Å². The monoisotopic (exact) mass is 675 g/mol. The van der Waals surface area contributed by atoms with E-state index in [-0.39, 0.29) is 36.7 Å². The minimum Gasteiger partial charge on any atom is -0.391 e. The lowest BCUT2D eigenvalue weighted by Crippen LogP contribution is -2.72. The molecule has 1 spiro atoms. The molecular weight excluding hydrogens is 627 g/mol. The molecule has 12 heteroatoms. The molecule has 4 aliphatic rings. The van der Waals surface area contributed by atoms with Crippen molar-refractivity contribution >= 4 is 29.0 Å². The van der Waals surface area contributed by atoms with Gasteiger partial charge in [-0.3, -0.25) is 9.59 Å². The van der Waals surface area contributed by atoms with Gasteiger partial charge in [0.2, 0.25) is 11.8 Å². The van der Waals surface area contributed by atoms with Crippen molar-refractivity contribution in [2.24, 2.45) is 17.3 Å². The molecule has 6 heterocycles. The molecule has 1 aromatic carbocycles. The molecule has 3 N–H and O–H groups in total. The molecule has 3 aromatic rings. The molecule has 0 radical (unpaired) electrons. The van der Waals surface area contributed by atoms with Crippen molar-refractivity contribution in [2.45, 2.75) is 71.1 Å². The van der Waals surface area contributed by atoms with Gasteiger partial charge < -0.3 is 35.0 Å². The minimum atomic E-state index is -0.769. The number of carbonyl (C=O) groups excluding carboxylic acids is 2. The van der Waals surface area contributed by atoms with Crippen LogP contribution in [0.15, 0.2) is 40.4 Å². The molecule has 0 bridgehead atoms. The number of aliphatic hydroxyl groups is 1. The number of likely N-dealkylation sites (tertiary alicyclic amines) is 2. The van der Waals surface area contributed by atoms with Gasteiger partial charge in [0, 0.05) is 57.2 Å². The molecule has 48 heavy (non-hydrogen) atoms.